The molecule has 0 amide bonds. The smallest absolute Gasteiger partial charge is 0.347 e. The number of nitrogens with zero attached hydrogens (tertiary/aromatic N) is 2. The Kier molecular flexibility index (Phi) is 7.45. The molecule has 0 unspecified atom stereocenters. The highest BCUT2D eigenvalue weighted by Crippen LogP contribution is 2.26. The van der Waals surface area contributed by atoms with E-state index in [0.717, 1.165) is 50.0 Å². The maximum absolute atomic E-state index is 11.3. The fourth-order valence-electron chi connectivity index (χ4n) is 4.90. The molecule has 5 heteroatoms. The summed E-state index contributed by atoms with van der Waals surface area (Å²) >= 11 is 0. The molecule has 4 aromatic carbocycles. The van der Waals surface area contributed by atoms with Crippen LogP contribution >= 0.6 is 0 Å². The molecule has 0 saturated carbocycles. The van der Waals surface area contributed by atoms with Crippen LogP contribution in [0.4, 0.5) is 0 Å². The molecule has 0 spiro atoms. The van der Waals surface area contributed by atoms with Crippen LogP contribution in [0.3, 0.4) is 0 Å². The van der Waals surface area contributed by atoms with Gasteiger partial charge in [-0.3, -0.25) is 0 Å². The number of ether oxygens (including phenoxy) is 1. The molecule has 0 fully saturated rings. The molecule has 1 heterocycles. The van der Waals surface area contributed by atoms with E-state index < -0.39 is 11.6 Å². The first kappa shape index (κ1) is 25.5. The predicted molar refractivity (Wildman–Crippen MR) is 153 cm³/mol. The lowest BCUT2D eigenvalue weighted by atomic mass is 10.1. The monoisotopic (exact) mass is 506 g/mol. The fourth-order valence-corrected chi connectivity index (χ4v) is 4.90. The van der Waals surface area contributed by atoms with E-state index in [1.807, 2.05) is 24.3 Å². The van der Waals surface area contributed by atoms with Crippen molar-refractivity contribution in [1.29, 1.82) is 0 Å². The van der Waals surface area contributed by atoms with Gasteiger partial charge in [0.25, 0.3) is 0 Å². The highest BCUT2D eigenvalue weighted by atomic mass is 16.5. The van der Waals surface area contributed by atoms with Crippen molar-refractivity contribution in [1.82, 2.24) is 9.55 Å². The first-order chi connectivity index (χ1) is 18.4. The second-order valence-electron chi connectivity index (χ2n) is 10.4. The van der Waals surface area contributed by atoms with Gasteiger partial charge in [0.1, 0.15) is 11.6 Å². The number of rotatable bonds is 11. The number of imidazole rings is 1. The molecule has 0 aliphatic rings. The zero-order valence-electron chi connectivity index (χ0n) is 22.1. The lowest BCUT2D eigenvalue weighted by Gasteiger charge is -2.21. The van der Waals surface area contributed by atoms with Crippen LogP contribution in [-0.4, -0.2) is 26.2 Å². The SMILES string of the molecule is CC(C)(Oc1ccc(CCCc2nc3cc4ccccc4cc3n2CCCc2ccccc2)cc1)C(=O)O. The Labute approximate surface area is 223 Å². The zero-order chi connectivity index (χ0) is 26.5. The molecular formula is C33H34N2O3. The molecule has 1 N–H and O–H groups in total. The van der Waals surface area contributed by atoms with Gasteiger partial charge in [-0.1, -0.05) is 66.7 Å². The molecule has 5 nitrogen and oxygen atoms in total. The van der Waals surface area contributed by atoms with Crippen LogP contribution in [0.25, 0.3) is 21.8 Å². The second kappa shape index (κ2) is 11.1. The average molecular weight is 507 g/mol. The number of benzene rings is 4. The Bertz CT molecular complexity index is 1540. The van der Waals surface area contributed by atoms with Gasteiger partial charge in [-0.2, -0.15) is 0 Å². The molecule has 0 saturated heterocycles. The van der Waals surface area contributed by atoms with E-state index >= 15 is 0 Å². The number of hydrogen-bond donors (Lipinski definition) is 1. The predicted octanol–water partition coefficient (Wildman–Crippen LogP) is 7.24. The highest BCUT2D eigenvalue weighted by molar-refractivity contribution is 5.95. The summed E-state index contributed by atoms with van der Waals surface area (Å²) in [6, 6.07) is 31.4. The molecular weight excluding hydrogens is 472 g/mol. The minimum absolute atomic E-state index is 0.563. The number of carbonyl (C=O) groups is 1. The summed E-state index contributed by atoms with van der Waals surface area (Å²) < 4.78 is 8.04. The van der Waals surface area contributed by atoms with E-state index in [1.165, 1.54) is 27.4 Å². The maximum Gasteiger partial charge on any atom is 0.347 e. The van der Waals surface area contributed by atoms with Crippen LogP contribution in [-0.2, 0) is 30.6 Å². The number of aliphatic carboxylic acids is 1. The third-order valence-corrected chi connectivity index (χ3v) is 7.06. The van der Waals surface area contributed by atoms with E-state index in [2.05, 4.69) is 71.3 Å². The van der Waals surface area contributed by atoms with Crippen LogP contribution in [0.15, 0.2) is 91.0 Å². The molecule has 5 aromatic rings. The summed E-state index contributed by atoms with van der Waals surface area (Å²) in [5.41, 5.74) is 3.56. The third kappa shape index (κ3) is 5.88. The van der Waals surface area contributed by atoms with Gasteiger partial charge in [0.05, 0.1) is 11.0 Å². The van der Waals surface area contributed by atoms with E-state index in [1.54, 1.807) is 13.8 Å². The Morgan fingerprint density at radius 1 is 0.816 bits per heavy atom. The standard InChI is InChI=1S/C33H34N2O3/c1-33(2,32(36)37)38-28-19-17-25(18-20-28)12-8-16-31-34-29-22-26-14-6-7-15-27(26)23-30(29)35(31)21-9-13-24-10-4-3-5-11-24/h3-7,10-11,14-15,17-20,22-23H,8-9,12-13,16,21H2,1-2H3,(H,36,37). The first-order valence-corrected chi connectivity index (χ1v) is 13.3. The molecule has 194 valence electrons. The van der Waals surface area contributed by atoms with Gasteiger partial charge < -0.3 is 14.4 Å². The molecule has 0 bridgehead atoms. The van der Waals surface area contributed by atoms with Gasteiger partial charge in [0, 0.05) is 13.0 Å². The third-order valence-electron chi connectivity index (χ3n) is 7.06. The van der Waals surface area contributed by atoms with Gasteiger partial charge in [-0.05, 0) is 85.7 Å². The van der Waals surface area contributed by atoms with E-state index in [9.17, 15) is 9.90 Å². The van der Waals surface area contributed by atoms with Gasteiger partial charge in [0.2, 0.25) is 0 Å². The minimum atomic E-state index is -1.26. The Morgan fingerprint density at radius 3 is 2.16 bits per heavy atom. The van der Waals surface area contributed by atoms with Crippen molar-refractivity contribution in [2.45, 2.75) is 58.1 Å². The Balaban J connectivity index is 1.30. The lowest BCUT2D eigenvalue weighted by Crippen LogP contribution is -2.37. The largest absolute Gasteiger partial charge is 0.478 e. The fraction of sp³-hybridized carbons (Fsp3) is 0.273. The molecule has 5 rings (SSSR count). The molecule has 38 heavy (non-hydrogen) atoms. The van der Waals surface area contributed by atoms with Crippen LogP contribution in [0.5, 0.6) is 5.75 Å². The van der Waals surface area contributed by atoms with Crippen molar-refractivity contribution < 1.29 is 14.6 Å². The van der Waals surface area contributed by atoms with E-state index in [-0.39, 0.29) is 0 Å². The molecule has 0 aliphatic heterocycles. The van der Waals surface area contributed by atoms with E-state index in [0.29, 0.717) is 5.75 Å². The van der Waals surface area contributed by atoms with Crippen LogP contribution in [0, 0.1) is 0 Å². The van der Waals surface area contributed by atoms with Crippen molar-refractivity contribution in [2.24, 2.45) is 0 Å². The van der Waals surface area contributed by atoms with Gasteiger partial charge >= 0.3 is 5.97 Å². The Hall–Kier alpha value is -4.12. The summed E-state index contributed by atoms with van der Waals surface area (Å²) in [6.07, 6.45) is 4.88. The number of carboxylic acid groups (broad SMARTS) is 1. The minimum Gasteiger partial charge on any atom is -0.478 e. The lowest BCUT2D eigenvalue weighted by molar-refractivity contribution is -0.152. The summed E-state index contributed by atoms with van der Waals surface area (Å²) in [7, 11) is 0. The maximum atomic E-state index is 11.3. The molecule has 0 atom stereocenters. The summed E-state index contributed by atoms with van der Waals surface area (Å²) in [6.45, 7) is 4.04. The quantitative estimate of drug-likeness (QED) is 0.205. The number of aryl methyl sites for hydroxylation is 4. The highest BCUT2D eigenvalue weighted by Gasteiger charge is 2.29. The summed E-state index contributed by atoms with van der Waals surface area (Å²) in [5, 5.41) is 11.7. The number of carboxylic acids is 1. The Morgan fingerprint density at radius 2 is 1.45 bits per heavy atom. The first-order valence-electron chi connectivity index (χ1n) is 13.3. The number of hydrogen-bond acceptors (Lipinski definition) is 3. The van der Waals surface area contributed by atoms with Crippen molar-refractivity contribution in [3.63, 3.8) is 0 Å². The van der Waals surface area contributed by atoms with Gasteiger partial charge in [-0.15, -0.1) is 0 Å². The average Bonchev–Trinajstić information content (AvgIpc) is 3.24. The summed E-state index contributed by atoms with van der Waals surface area (Å²) in [5.74, 6) is 0.709. The molecule has 1 aromatic heterocycles. The van der Waals surface area contributed by atoms with E-state index in [4.69, 9.17) is 9.72 Å². The van der Waals surface area contributed by atoms with Crippen molar-refractivity contribution >= 4 is 27.8 Å². The van der Waals surface area contributed by atoms with Crippen molar-refractivity contribution in [2.75, 3.05) is 0 Å². The topological polar surface area (TPSA) is 64.4 Å². The molecule has 0 radical (unpaired) electrons. The van der Waals surface area contributed by atoms with Gasteiger partial charge in [0.15, 0.2) is 5.60 Å². The number of fused-ring (bicyclic) bond motifs is 2. The van der Waals surface area contributed by atoms with Crippen molar-refractivity contribution in [3.05, 3.63) is 108 Å². The van der Waals surface area contributed by atoms with Crippen LogP contribution in [0.1, 0.15) is 43.6 Å². The molecule has 0 aliphatic carbocycles. The van der Waals surface area contributed by atoms with Gasteiger partial charge in [-0.25, -0.2) is 9.78 Å². The van der Waals surface area contributed by atoms with Crippen LogP contribution in [0.2, 0.25) is 0 Å². The second-order valence-corrected chi connectivity index (χ2v) is 10.4. The van der Waals surface area contributed by atoms with Crippen molar-refractivity contribution in [3.8, 4) is 5.75 Å². The summed E-state index contributed by atoms with van der Waals surface area (Å²) in [4.78, 5) is 16.4. The number of aromatic nitrogens is 2. The zero-order valence-corrected chi connectivity index (χ0v) is 22.1. The van der Waals surface area contributed by atoms with Crippen LogP contribution < -0.4 is 4.74 Å². The normalized spacial score (nSPS) is 11.7.